The van der Waals surface area contributed by atoms with Crippen LogP contribution in [0.5, 0.6) is 0 Å². The van der Waals surface area contributed by atoms with Crippen LogP contribution in [0.25, 0.3) is 5.57 Å². The summed E-state index contributed by atoms with van der Waals surface area (Å²) in [6.07, 6.45) is 9.59. The van der Waals surface area contributed by atoms with Crippen LogP contribution in [0.4, 0.5) is 0 Å². The normalized spacial score (nSPS) is 21.4. The summed E-state index contributed by atoms with van der Waals surface area (Å²) in [6, 6.07) is 0. The van der Waals surface area contributed by atoms with Gasteiger partial charge in [-0.15, -0.1) is 0 Å². The average Bonchev–Trinajstić information content (AvgIpc) is 2.71. The van der Waals surface area contributed by atoms with E-state index in [9.17, 15) is 0 Å². The Bertz CT molecular complexity index is 426. The number of fused-ring (bicyclic) bond motifs is 1. The summed E-state index contributed by atoms with van der Waals surface area (Å²) >= 11 is 0. The van der Waals surface area contributed by atoms with Crippen LogP contribution >= 0.6 is 0 Å². The van der Waals surface area contributed by atoms with Crippen LogP contribution < -0.4 is 0 Å². The lowest BCUT2D eigenvalue weighted by molar-refractivity contribution is 0.452. The molecular formula is C14H19NO. The topological polar surface area (TPSA) is 26.0 Å². The maximum absolute atomic E-state index is 5.85. The fourth-order valence-electron chi connectivity index (χ4n) is 2.23. The van der Waals surface area contributed by atoms with Crippen LogP contribution in [0.1, 0.15) is 56.9 Å². The van der Waals surface area contributed by atoms with E-state index in [-0.39, 0.29) is 0 Å². The van der Waals surface area contributed by atoms with Crippen LogP contribution in [0.15, 0.2) is 22.6 Å². The molecule has 86 valence electrons. The van der Waals surface area contributed by atoms with Gasteiger partial charge in [0, 0.05) is 17.9 Å². The van der Waals surface area contributed by atoms with Gasteiger partial charge in [0.15, 0.2) is 0 Å². The van der Waals surface area contributed by atoms with E-state index in [1.54, 1.807) is 0 Å². The van der Waals surface area contributed by atoms with Crippen molar-refractivity contribution in [3.8, 4) is 0 Å². The monoisotopic (exact) mass is 217 g/mol. The lowest BCUT2D eigenvalue weighted by Crippen LogP contribution is -2.05. The van der Waals surface area contributed by atoms with Gasteiger partial charge < -0.3 is 4.42 Å². The molecule has 0 aromatic carbocycles. The van der Waals surface area contributed by atoms with Gasteiger partial charge in [-0.25, -0.2) is 4.98 Å². The average molecular weight is 217 g/mol. The molecule has 0 spiro atoms. The molecule has 1 unspecified atom stereocenters. The van der Waals surface area contributed by atoms with Crippen LogP contribution in [0.3, 0.4) is 0 Å². The number of allylic oxidation sites excluding steroid dienone is 4. The molecule has 1 aromatic rings. The number of hydrogen-bond donors (Lipinski definition) is 0. The molecule has 0 N–H and O–H groups in total. The molecule has 1 aromatic heterocycles. The number of oxazole rings is 1. The molecule has 0 amide bonds. The molecule has 0 saturated carbocycles. The third-order valence-corrected chi connectivity index (χ3v) is 3.14. The number of aryl methyl sites for hydroxylation is 1. The Morgan fingerprint density at radius 2 is 2.25 bits per heavy atom. The van der Waals surface area contributed by atoms with E-state index in [2.05, 4.69) is 11.9 Å². The first-order valence-corrected chi connectivity index (χ1v) is 6.05. The number of hydrogen-bond acceptors (Lipinski definition) is 2. The first-order valence-electron chi connectivity index (χ1n) is 6.05. The second-order valence-electron chi connectivity index (χ2n) is 4.36. The lowest BCUT2D eigenvalue weighted by Gasteiger charge is -2.14. The van der Waals surface area contributed by atoms with Crippen molar-refractivity contribution < 1.29 is 4.42 Å². The van der Waals surface area contributed by atoms with E-state index in [0.29, 0.717) is 5.92 Å². The van der Waals surface area contributed by atoms with E-state index < -0.39 is 0 Å². The Balaban J connectivity index is 2.37. The highest BCUT2D eigenvalue weighted by Gasteiger charge is 2.23. The van der Waals surface area contributed by atoms with Gasteiger partial charge >= 0.3 is 0 Å². The first-order chi connectivity index (χ1) is 7.76. The van der Waals surface area contributed by atoms with Crippen molar-refractivity contribution in [3.63, 3.8) is 0 Å². The van der Waals surface area contributed by atoms with Crippen molar-refractivity contribution in [2.75, 3.05) is 0 Å². The summed E-state index contributed by atoms with van der Waals surface area (Å²) in [5, 5.41) is 0. The van der Waals surface area contributed by atoms with Crippen molar-refractivity contribution >= 4 is 5.57 Å². The molecule has 0 saturated heterocycles. The maximum Gasteiger partial charge on any atom is 0.226 e. The first kappa shape index (κ1) is 11.2. The quantitative estimate of drug-likeness (QED) is 0.697. The highest BCUT2D eigenvalue weighted by Crippen LogP contribution is 2.32. The van der Waals surface area contributed by atoms with Gasteiger partial charge in [0.1, 0.15) is 5.76 Å². The molecule has 0 radical (unpaired) electrons. The van der Waals surface area contributed by atoms with E-state index in [4.69, 9.17) is 4.42 Å². The van der Waals surface area contributed by atoms with Crippen molar-refractivity contribution in [2.45, 2.75) is 46.0 Å². The SMILES string of the molecule is C/C=C\C(=C/C)c1nc2c(o1)CCCC2C. The summed E-state index contributed by atoms with van der Waals surface area (Å²) < 4.78 is 5.85. The Hall–Kier alpha value is -1.31. The van der Waals surface area contributed by atoms with Crippen LogP contribution in [-0.2, 0) is 6.42 Å². The van der Waals surface area contributed by atoms with Gasteiger partial charge in [0.25, 0.3) is 0 Å². The zero-order valence-electron chi connectivity index (χ0n) is 10.3. The molecule has 0 aliphatic heterocycles. The minimum Gasteiger partial charge on any atom is -0.441 e. The summed E-state index contributed by atoms with van der Waals surface area (Å²) in [7, 11) is 0. The third-order valence-electron chi connectivity index (χ3n) is 3.14. The maximum atomic E-state index is 5.85. The standard InChI is InChI=1S/C14H19NO/c1-4-7-11(5-2)14-15-13-10(3)8-6-9-12(13)16-14/h4-5,7,10H,6,8-9H2,1-3H3/b7-4-,11-5+. The van der Waals surface area contributed by atoms with Gasteiger partial charge in [0.2, 0.25) is 5.89 Å². The van der Waals surface area contributed by atoms with Gasteiger partial charge in [-0.05, 0) is 26.7 Å². The van der Waals surface area contributed by atoms with Crippen LogP contribution in [0.2, 0.25) is 0 Å². The summed E-state index contributed by atoms with van der Waals surface area (Å²) in [5.41, 5.74) is 2.24. The molecule has 1 aliphatic carbocycles. The molecule has 0 fully saturated rings. The van der Waals surface area contributed by atoms with Crippen molar-refractivity contribution in [1.82, 2.24) is 4.98 Å². The zero-order chi connectivity index (χ0) is 11.5. The second-order valence-corrected chi connectivity index (χ2v) is 4.36. The predicted molar refractivity (Wildman–Crippen MR) is 66.3 cm³/mol. The molecule has 2 rings (SSSR count). The highest BCUT2D eigenvalue weighted by atomic mass is 16.4. The second kappa shape index (κ2) is 4.69. The molecule has 0 bridgehead atoms. The van der Waals surface area contributed by atoms with Crippen LogP contribution in [0, 0.1) is 0 Å². The molecule has 2 nitrogen and oxygen atoms in total. The summed E-state index contributed by atoms with van der Waals surface area (Å²) in [5.74, 6) is 2.42. The fourth-order valence-corrected chi connectivity index (χ4v) is 2.23. The predicted octanol–water partition coefficient (Wildman–Crippen LogP) is 4.09. The minimum absolute atomic E-state index is 0.546. The summed E-state index contributed by atoms with van der Waals surface area (Å²) in [4.78, 5) is 4.64. The molecule has 2 heteroatoms. The minimum atomic E-state index is 0.546. The van der Waals surface area contributed by atoms with Gasteiger partial charge in [-0.2, -0.15) is 0 Å². The number of nitrogens with zero attached hydrogens (tertiary/aromatic N) is 1. The lowest BCUT2D eigenvalue weighted by atomic mass is 9.92. The van der Waals surface area contributed by atoms with Gasteiger partial charge in [0.05, 0.1) is 5.69 Å². The van der Waals surface area contributed by atoms with Crippen molar-refractivity contribution in [2.24, 2.45) is 0 Å². The Morgan fingerprint density at radius 1 is 1.44 bits per heavy atom. The largest absolute Gasteiger partial charge is 0.441 e. The third kappa shape index (κ3) is 1.97. The van der Waals surface area contributed by atoms with E-state index in [1.165, 1.54) is 18.5 Å². The van der Waals surface area contributed by atoms with E-state index in [1.807, 2.05) is 32.1 Å². The van der Waals surface area contributed by atoms with Gasteiger partial charge in [-0.3, -0.25) is 0 Å². The number of aromatic nitrogens is 1. The molecular weight excluding hydrogens is 198 g/mol. The molecule has 1 heterocycles. The molecule has 1 aliphatic rings. The van der Waals surface area contributed by atoms with E-state index in [0.717, 1.165) is 23.6 Å². The van der Waals surface area contributed by atoms with E-state index >= 15 is 0 Å². The summed E-state index contributed by atoms with van der Waals surface area (Å²) in [6.45, 7) is 6.26. The van der Waals surface area contributed by atoms with Crippen molar-refractivity contribution in [3.05, 3.63) is 35.6 Å². The Morgan fingerprint density at radius 3 is 2.88 bits per heavy atom. The van der Waals surface area contributed by atoms with Crippen molar-refractivity contribution in [1.29, 1.82) is 0 Å². The Kier molecular flexibility index (Phi) is 3.28. The van der Waals surface area contributed by atoms with Gasteiger partial charge in [-0.1, -0.05) is 25.2 Å². The Labute approximate surface area is 97.1 Å². The van der Waals surface area contributed by atoms with Crippen LogP contribution in [-0.4, -0.2) is 4.98 Å². The number of rotatable bonds is 2. The molecule has 1 atom stereocenters. The smallest absolute Gasteiger partial charge is 0.226 e. The fraction of sp³-hybridized carbons (Fsp3) is 0.500. The zero-order valence-corrected chi connectivity index (χ0v) is 10.3. The molecule has 16 heavy (non-hydrogen) atoms. The highest BCUT2D eigenvalue weighted by molar-refractivity contribution is 5.68.